The topological polar surface area (TPSA) is 82.5 Å². The maximum Gasteiger partial charge on any atom is 0.387 e. The summed E-state index contributed by atoms with van der Waals surface area (Å²) in [6, 6.07) is 7.16. The van der Waals surface area contributed by atoms with E-state index in [1.54, 1.807) is 12.1 Å². The number of nitrogens with zero attached hydrogens (tertiary/aromatic N) is 2. The van der Waals surface area contributed by atoms with E-state index in [1.807, 2.05) is 0 Å². The smallest absolute Gasteiger partial charge is 0.387 e. The summed E-state index contributed by atoms with van der Waals surface area (Å²) in [6.45, 7) is -2.64. The second-order valence-electron chi connectivity index (χ2n) is 5.05. The van der Waals surface area contributed by atoms with Gasteiger partial charge in [0.25, 0.3) is 11.5 Å². The number of aryl methyl sites for hydroxylation is 1. The summed E-state index contributed by atoms with van der Waals surface area (Å²) in [5.74, 6) is -0.288. The van der Waals surface area contributed by atoms with Crippen LogP contribution in [-0.4, -0.2) is 36.0 Å². The number of alkyl halides is 2. The second-order valence-corrected chi connectivity index (χ2v) is 5.05. The number of amides is 1. The molecule has 1 aromatic heterocycles. The number of carbonyl (C=O) groups excluding carboxylic acids is 1. The van der Waals surface area contributed by atoms with E-state index >= 15 is 0 Å². The fourth-order valence-corrected chi connectivity index (χ4v) is 2.10. The highest BCUT2D eigenvalue weighted by atomic mass is 19.3. The normalized spacial score (nSPS) is 10.6. The molecule has 0 aliphatic carbocycles. The fourth-order valence-electron chi connectivity index (χ4n) is 2.10. The van der Waals surface area contributed by atoms with Crippen molar-refractivity contribution < 1.29 is 23.0 Å². The summed E-state index contributed by atoms with van der Waals surface area (Å²) < 4.78 is 35.0. The van der Waals surface area contributed by atoms with Crippen molar-refractivity contribution in [1.29, 1.82) is 0 Å². The fraction of sp³-hybridized carbons (Fsp3) is 0.312. The number of rotatable bonds is 7. The van der Waals surface area contributed by atoms with Crippen LogP contribution in [0.1, 0.15) is 16.1 Å². The van der Waals surface area contributed by atoms with Crippen LogP contribution in [0.25, 0.3) is 0 Å². The van der Waals surface area contributed by atoms with Gasteiger partial charge in [-0.15, -0.1) is 0 Å². The van der Waals surface area contributed by atoms with Gasteiger partial charge in [0.1, 0.15) is 5.69 Å². The molecule has 0 radical (unpaired) electrons. The lowest BCUT2D eigenvalue weighted by Crippen LogP contribution is -2.29. The number of aromatic nitrogens is 2. The van der Waals surface area contributed by atoms with Crippen molar-refractivity contribution in [2.75, 3.05) is 13.7 Å². The molecule has 0 saturated heterocycles. The number of methoxy groups -OCH3 is 1. The van der Waals surface area contributed by atoms with Crippen molar-refractivity contribution in [2.45, 2.75) is 13.0 Å². The summed E-state index contributed by atoms with van der Waals surface area (Å²) in [4.78, 5) is 23.2. The molecule has 0 fully saturated rings. The number of hydrogen-bond donors (Lipinski definition) is 1. The van der Waals surface area contributed by atoms with Crippen LogP contribution in [0.4, 0.5) is 8.78 Å². The van der Waals surface area contributed by atoms with Crippen LogP contribution in [0.3, 0.4) is 0 Å². The Morgan fingerprint density at radius 2 is 2.04 bits per heavy atom. The molecule has 0 unspecified atom stereocenters. The highest BCUT2D eigenvalue weighted by Gasteiger charge is 2.12. The van der Waals surface area contributed by atoms with E-state index in [1.165, 1.54) is 32.4 Å². The summed E-state index contributed by atoms with van der Waals surface area (Å²) >= 11 is 0. The van der Waals surface area contributed by atoms with E-state index in [4.69, 9.17) is 4.74 Å². The third kappa shape index (κ3) is 5.00. The van der Waals surface area contributed by atoms with Gasteiger partial charge in [-0.2, -0.15) is 13.9 Å². The first kappa shape index (κ1) is 18.4. The van der Waals surface area contributed by atoms with Crippen LogP contribution in [0.15, 0.2) is 35.1 Å². The van der Waals surface area contributed by atoms with Crippen LogP contribution < -0.4 is 20.3 Å². The van der Waals surface area contributed by atoms with Gasteiger partial charge < -0.3 is 14.8 Å². The van der Waals surface area contributed by atoms with Crippen molar-refractivity contribution in [1.82, 2.24) is 15.1 Å². The average Bonchev–Trinajstić information content (AvgIpc) is 2.57. The molecule has 0 aliphatic heterocycles. The Bertz CT molecular complexity index is 808. The number of hydrogen-bond acceptors (Lipinski definition) is 5. The van der Waals surface area contributed by atoms with Gasteiger partial charge in [-0.3, -0.25) is 9.59 Å². The predicted molar refractivity (Wildman–Crippen MR) is 85.1 cm³/mol. The highest BCUT2D eigenvalue weighted by Crippen LogP contribution is 2.29. The Kier molecular flexibility index (Phi) is 6.04. The van der Waals surface area contributed by atoms with Gasteiger partial charge in [0.15, 0.2) is 11.5 Å². The molecule has 0 atom stereocenters. The molecule has 134 valence electrons. The quantitative estimate of drug-likeness (QED) is 0.813. The van der Waals surface area contributed by atoms with Gasteiger partial charge in [0.2, 0.25) is 0 Å². The first-order valence-electron chi connectivity index (χ1n) is 7.35. The molecule has 7 nitrogen and oxygen atoms in total. The molecular weight excluding hydrogens is 336 g/mol. The Hall–Kier alpha value is -2.97. The summed E-state index contributed by atoms with van der Waals surface area (Å²) in [7, 11) is 2.80. The Morgan fingerprint density at radius 1 is 1.28 bits per heavy atom. The first-order chi connectivity index (χ1) is 11.9. The molecule has 0 saturated carbocycles. The summed E-state index contributed by atoms with van der Waals surface area (Å²) in [5.41, 5.74) is 0.585. The van der Waals surface area contributed by atoms with Crippen molar-refractivity contribution in [3.8, 4) is 11.5 Å². The Balaban J connectivity index is 1.95. The zero-order valence-corrected chi connectivity index (χ0v) is 13.7. The van der Waals surface area contributed by atoms with Crippen LogP contribution in [-0.2, 0) is 13.5 Å². The molecular formula is C16H17F2N3O4. The van der Waals surface area contributed by atoms with Crippen LogP contribution >= 0.6 is 0 Å². The number of nitrogens with one attached hydrogen (secondary N) is 1. The Morgan fingerprint density at radius 3 is 2.68 bits per heavy atom. The minimum absolute atomic E-state index is 0.0558. The molecule has 2 aromatic rings. The van der Waals surface area contributed by atoms with Gasteiger partial charge in [0.05, 0.1) is 7.11 Å². The van der Waals surface area contributed by atoms with E-state index in [9.17, 15) is 18.4 Å². The second kappa shape index (κ2) is 8.22. The van der Waals surface area contributed by atoms with Crippen molar-refractivity contribution >= 4 is 5.91 Å². The zero-order chi connectivity index (χ0) is 18.4. The maximum absolute atomic E-state index is 12.3. The van der Waals surface area contributed by atoms with Gasteiger partial charge in [-0.25, -0.2) is 4.68 Å². The zero-order valence-electron chi connectivity index (χ0n) is 13.7. The lowest BCUT2D eigenvalue weighted by atomic mass is 10.1. The molecule has 2 rings (SSSR count). The molecule has 25 heavy (non-hydrogen) atoms. The van der Waals surface area contributed by atoms with E-state index < -0.39 is 12.5 Å². The predicted octanol–water partition coefficient (Wildman–Crippen LogP) is 1.36. The number of carbonyl (C=O) groups is 1. The van der Waals surface area contributed by atoms with Crippen molar-refractivity contribution in [2.24, 2.45) is 7.05 Å². The van der Waals surface area contributed by atoms with E-state index in [0.717, 1.165) is 10.2 Å². The molecule has 0 aliphatic rings. The van der Waals surface area contributed by atoms with Gasteiger partial charge in [0, 0.05) is 19.7 Å². The molecule has 9 heteroatoms. The van der Waals surface area contributed by atoms with Crippen molar-refractivity contribution in [3.05, 3.63) is 51.9 Å². The first-order valence-corrected chi connectivity index (χ1v) is 7.35. The minimum atomic E-state index is -2.94. The summed E-state index contributed by atoms with van der Waals surface area (Å²) in [6.07, 6.45) is 0.447. The average molecular weight is 353 g/mol. The monoisotopic (exact) mass is 353 g/mol. The van der Waals surface area contributed by atoms with Gasteiger partial charge >= 0.3 is 6.61 Å². The lowest BCUT2D eigenvalue weighted by molar-refractivity contribution is -0.0512. The third-order valence-corrected chi connectivity index (χ3v) is 3.34. The Labute approximate surface area is 142 Å². The standard InChI is InChI=1S/C16H17F2N3O4/c1-21-14(22)6-4-11(20-21)15(23)19-8-7-10-3-5-12(25-16(17)18)13(9-10)24-2/h3-6,9,16H,7-8H2,1-2H3,(H,19,23). The van der Waals surface area contributed by atoms with E-state index in [-0.39, 0.29) is 22.8 Å². The SMILES string of the molecule is COc1cc(CCNC(=O)c2ccc(=O)n(C)n2)ccc1OC(F)F. The van der Waals surface area contributed by atoms with Crippen molar-refractivity contribution in [3.63, 3.8) is 0 Å². The largest absolute Gasteiger partial charge is 0.493 e. The van der Waals surface area contributed by atoms with E-state index in [0.29, 0.717) is 13.0 Å². The molecule has 1 heterocycles. The van der Waals surface area contributed by atoms with Crippen LogP contribution in [0, 0.1) is 0 Å². The third-order valence-electron chi connectivity index (χ3n) is 3.34. The molecule has 1 N–H and O–H groups in total. The van der Waals surface area contributed by atoms with Gasteiger partial charge in [-0.1, -0.05) is 6.07 Å². The number of benzene rings is 1. The van der Waals surface area contributed by atoms with Gasteiger partial charge in [-0.05, 0) is 30.2 Å². The highest BCUT2D eigenvalue weighted by molar-refractivity contribution is 5.91. The number of ether oxygens (including phenoxy) is 2. The summed E-state index contributed by atoms with van der Waals surface area (Å²) in [5, 5.41) is 6.52. The van der Waals surface area contributed by atoms with Crippen LogP contribution in [0.2, 0.25) is 0 Å². The molecule has 0 bridgehead atoms. The molecule has 1 amide bonds. The molecule has 0 spiro atoms. The number of halogens is 2. The maximum atomic E-state index is 12.3. The molecule has 1 aromatic carbocycles. The minimum Gasteiger partial charge on any atom is -0.493 e. The van der Waals surface area contributed by atoms with Crippen LogP contribution in [0.5, 0.6) is 11.5 Å². The van der Waals surface area contributed by atoms with E-state index in [2.05, 4.69) is 15.2 Å². The lowest BCUT2D eigenvalue weighted by Gasteiger charge is -2.11.